The molecule has 0 radical (unpaired) electrons. The molecule has 6 nitrogen and oxygen atoms in total. The number of sulfonamides is 1. The Morgan fingerprint density at radius 3 is 2.36 bits per heavy atom. The Kier molecular flexibility index (Phi) is 8.60. The third-order valence-electron chi connectivity index (χ3n) is 6.01. The summed E-state index contributed by atoms with van der Waals surface area (Å²) in [6, 6.07) is 5.77. The third-order valence-corrected chi connectivity index (χ3v) is 8.13. The Morgan fingerprint density at radius 1 is 1.11 bits per heavy atom. The molecule has 1 aliphatic rings. The van der Waals surface area contributed by atoms with Crippen molar-refractivity contribution in [2.75, 3.05) is 25.0 Å². The number of piperidine rings is 1. The molecule has 1 N–H and O–H groups in total. The highest BCUT2D eigenvalue weighted by atomic mass is 32.2. The number of nitrogens with one attached hydrogen (secondary N) is 1. The number of rotatable bonds is 8. The number of carbonyl (C=O) groups is 1. The first kappa shape index (κ1) is 27.9. The summed E-state index contributed by atoms with van der Waals surface area (Å²) in [5.41, 5.74) is -0.961. The van der Waals surface area contributed by atoms with Crippen LogP contribution in [0.3, 0.4) is 0 Å². The van der Waals surface area contributed by atoms with E-state index in [0.29, 0.717) is 18.9 Å². The van der Waals surface area contributed by atoms with Crippen LogP contribution in [0.4, 0.5) is 27.6 Å². The van der Waals surface area contributed by atoms with E-state index in [4.69, 9.17) is 0 Å². The highest BCUT2D eigenvalue weighted by molar-refractivity contribution is 7.89. The molecule has 2 aromatic rings. The zero-order valence-corrected chi connectivity index (χ0v) is 20.7. The standard InChI is InChI=1S/C24H28F5N3O3S/c1-16(2)32(36(34,35)20-5-3-4-17(14-20)24(27,28)29)19-9-12-31(13-10-19)23(33)8-11-30-22-7-6-18(25)15-21(22)26/h3-7,14-16,19,30H,8-13H2,1-2H3. The molecule has 0 aromatic heterocycles. The molecule has 1 aliphatic heterocycles. The molecule has 0 spiro atoms. The largest absolute Gasteiger partial charge is 0.416 e. The fourth-order valence-electron chi connectivity index (χ4n) is 4.31. The van der Waals surface area contributed by atoms with E-state index in [1.165, 1.54) is 10.4 Å². The van der Waals surface area contributed by atoms with Gasteiger partial charge < -0.3 is 10.2 Å². The number of carbonyl (C=O) groups excluding carboxylic acids is 1. The highest BCUT2D eigenvalue weighted by Gasteiger charge is 2.38. The summed E-state index contributed by atoms with van der Waals surface area (Å²) in [5, 5.41) is 2.75. The number of nitrogens with zero attached hydrogens (tertiary/aromatic N) is 2. The molecule has 36 heavy (non-hydrogen) atoms. The van der Waals surface area contributed by atoms with E-state index in [1.54, 1.807) is 18.7 Å². The summed E-state index contributed by atoms with van der Waals surface area (Å²) < 4.78 is 93.9. The average Bonchev–Trinajstić information content (AvgIpc) is 2.80. The van der Waals surface area contributed by atoms with Crippen molar-refractivity contribution < 1.29 is 35.2 Å². The average molecular weight is 534 g/mol. The monoisotopic (exact) mass is 533 g/mol. The maximum Gasteiger partial charge on any atom is 0.416 e. The molecular weight excluding hydrogens is 505 g/mol. The van der Waals surface area contributed by atoms with Crippen LogP contribution in [-0.4, -0.2) is 55.2 Å². The van der Waals surface area contributed by atoms with Gasteiger partial charge >= 0.3 is 6.18 Å². The zero-order chi connectivity index (χ0) is 26.7. The summed E-state index contributed by atoms with van der Waals surface area (Å²) >= 11 is 0. The summed E-state index contributed by atoms with van der Waals surface area (Å²) in [6.07, 6.45) is -3.97. The van der Waals surface area contributed by atoms with E-state index < -0.39 is 50.4 Å². The Balaban J connectivity index is 1.62. The van der Waals surface area contributed by atoms with Crippen molar-refractivity contribution in [3.63, 3.8) is 0 Å². The quantitative estimate of drug-likeness (QED) is 0.492. The second-order valence-electron chi connectivity index (χ2n) is 8.87. The van der Waals surface area contributed by atoms with Gasteiger partial charge in [0.25, 0.3) is 0 Å². The van der Waals surface area contributed by atoms with Crippen LogP contribution in [0.1, 0.15) is 38.7 Å². The van der Waals surface area contributed by atoms with Crippen LogP contribution in [0.2, 0.25) is 0 Å². The molecule has 0 atom stereocenters. The predicted molar refractivity (Wildman–Crippen MR) is 125 cm³/mol. The number of hydrogen-bond acceptors (Lipinski definition) is 4. The Bertz CT molecular complexity index is 1180. The third kappa shape index (κ3) is 6.52. The Morgan fingerprint density at radius 2 is 1.78 bits per heavy atom. The van der Waals surface area contributed by atoms with Gasteiger partial charge in [0, 0.05) is 44.2 Å². The van der Waals surface area contributed by atoms with Gasteiger partial charge in [0.1, 0.15) is 11.6 Å². The minimum Gasteiger partial charge on any atom is -0.382 e. The fraction of sp³-hybridized carbons (Fsp3) is 0.458. The van der Waals surface area contributed by atoms with E-state index in [-0.39, 0.29) is 37.6 Å². The first-order valence-corrected chi connectivity index (χ1v) is 12.9. The lowest BCUT2D eigenvalue weighted by atomic mass is 10.0. The van der Waals surface area contributed by atoms with Gasteiger partial charge in [-0.05, 0) is 57.0 Å². The minimum atomic E-state index is -4.67. The predicted octanol–water partition coefficient (Wildman–Crippen LogP) is 4.88. The van der Waals surface area contributed by atoms with Gasteiger partial charge in [-0.15, -0.1) is 0 Å². The molecule has 1 amide bonds. The lowest BCUT2D eigenvalue weighted by molar-refractivity contribution is -0.137. The molecule has 198 valence electrons. The number of hydrogen-bond donors (Lipinski definition) is 1. The van der Waals surface area contributed by atoms with Crippen molar-refractivity contribution in [3.8, 4) is 0 Å². The second kappa shape index (κ2) is 11.1. The van der Waals surface area contributed by atoms with Crippen LogP contribution in [0.5, 0.6) is 0 Å². The lowest BCUT2D eigenvalue weighted by Gasteiger charge is -2.39. The molecule has 0 saturated carbocycles. The SMILES string of the molecule is CC(C)N(C1CCN(C(=O)CCNc2ccc(F)cc2F)CC1)S(=O)(=O)c1cccc(C(F)(F)F)c1. The van der Waals surface area contributed by atoms with Crippen LogP contribution in [0, 0.1) is 11.6 Å². The van der Waals surface area contributed by atoms with Crippen LogP contribution >= 0.6 is 0 Å². The maximum absolute atomic E-state index is 13.7. The number of anilines is 1. The molecule has 1 heterocycles. The summed E-state index contributed by atoms with van der Waals surface area (Å²) in [4.78, 5) is 13.7. The van der Waals surface area contributed by atoms with Gasteiger partial charge in [-0.3, -0.25) is 4.79 Å². The number of alkyl halides is 3. The van der Waals surface area contributed by atoms with E-state index in [1.807, 2.05) is 0 Å². The van der Waals surface area contributed by atoms with Crippen LogP contribution < -0.4 is 5.32 Å². The van der Waals surface area contributed by atoms with Gasteiger partial charge in [-0.1, -0.05) is 6.07 Å². The van der Waals surface area contributed by atoms with Crippen LogP contribution in [0.25, 0.3) is 0 Å². The topological polar surface area (TPSA) is 69.7 Å². The Labute approximate surface area is 207 Å². The molecule has 1 saturated heterocycles. The van der Waals surface area contributed by atoms with Gasteiger partial charge in [-0.25, -0.2) is 17.2 Å². The first-order valence-electron chi connectivity index (χ1n) is 11.5. The second-order valence-corrected chi connectivity index (χ2v) is 10.7. The van der Waals surface area contributed by atoms with Crippen molar-refractivity contribution in [2.24, 2.45) is 0 Å². The lowest BCUT2D eigenvalue weighted by Crippen LogP contribution is -2.51. The van der Waals surface area contributed by atoms with Gasteiger partial charge in [-0.2, -0.15) is 17.5 Å². The van der Waals surface area contributed by atoms with Gasteiger partial charge in [0.05, 0.1) is 16.1 Å². The van der Waals surface area contributed by atoms with Crippen LogP contribution in [-0.2, 0) is 21.0 Å². The van der Waals surface area contributed by atoms with E-state index in [2.05, 4.69) is 5.32 Å². The maximum atomic E-state index is 13.7. The number of likely N-dealkylation sites (tertiary alicyclic amines) is 1. The van der Waals surface area contributed by atoms with Crippen molar-refractivity contribution in [1.29, 1.82) is 0 Å². The van der Waals surface area contributed by atoms with E-state index in [9.17, 15) is 35.2 Å². The van der Waals surface area contributed by atoms with Crippen molar-refractivity contribution in [3.05, 3.63) is 59.7 Å². The smallest absolute Gasteiger partial charge is 0.382 e. The summed E-state index contributed by atoms with van der Waals surface area (Å²) in [5.74, 6) is -1.68. The summed E-state index contributed by atoms with van der Waals surface area (Å²) in [7, 11) is -4.21. The highest BCUT2D eigenvalue weighted by Crippen LogP contribution is 2.33. The molecule has 1 fully saturated rings. The van der Waals surface area contributed by atoms with Crippen molar-refractivity contribution in [2.45, 2.75) is 56.3 Å². The minimum absolute atomic E-state index is 0.0535. The molecule has 12 heteroatoms. The first-order chi connectivity index (χ1) is 16.8. The Hall–Kier alpha value is -2.73. The molecule has 3 rings (SSSR count). The fourth-order valence-corrected chi connectivity index (χ4v) is 6.24. The normalized spacial score (nSPS) is 15.5. The molecule has 0 bridgehead atoms. The van der Waals surface area contributed by atoms with E-state index in [0.717, 1.165) is 30.3 Å². The van der Waals surface area contributed by atoms with Gasteiger partial charge in [0.15, 0.2) is 0 Å². The summed E-state index contributed by atoms with van der Waals surface area (Å²) in [6.45, 7) is 3.99. The number of halogens is 5. The zero-order valence-electron chi connectivity index (χ0n) is 19.9. The number of amides is 1. The van der Waals surface area contributed by atoms with Crippen molar-refractivity contribution in [1.82, 2.24) is 9.21 Å². The number of benzene rings is 2. The van der Waals surface area contributed by atoms with Gasteiger partial charge in [0.2, 0.25) is 15.9 Å². The molecule has 0 unspecified atom stereocenters. The van der Waals surface area contributed by atoms with Crippen molar-refractivity contribution >= 4 is 21.6 Å². The van der Waals surface area contributed by atoms with Crippen LogP contribution in [0.15, 0.2) is 47.4 Å². The van der Waals surface area contributed by atoms with E-state index >= 15 is 0 Å². The molecule has 2 aromatic carbocycles. The molecule has 0 aliphatic carbocycles. The molecular formula is C24H28F5N3O3S.